The highest BCUT2D eigenvalue weighted by Crippen LogP contribution is 2.18. The minimum atomic E-state index is -1.13. The van der Waals surface area contributed by atoms with Gasteiger partial charge in [0, 0.05) is 11.8 Å². The summed E-state index contributed by atoms with van der Waals surface area (Å²) in [5.74, 6) is -1.70. The van der Waals surface area contributed by atoms with Crippen LogP contribution in [0.25, 0.3) is 11.3 Å². The monoisotopic (exact) mass is 290 g/mol. The lowest BCUT2D eigenvalue weighted by molar-refractivity contribution is -0.138. The van der Waals surface area contributed by atoms with Gasteiger partial charge in [-0.15, -0.1) is 0 Å². The number of aromatic amines is 2. The van der Waals surface area contributed by atoms with Gasteiger partial charge in [0.25, 0.3) is 5.56 Å². The maximum Gasteiger partial charge on any atom is 0.305 e. The number of nitrogens with one attached hydrogen (secondary N) is 3. The molecule has 0 aliphatic carbocycles. The normalized spacial score (nSPS) is 11.9. The zero-order valence-electron chi connectivity index (χ0n) is 10.9. The molecule has 2 aromatic rings. The number of hydrogen-bond acceptors (Lipinski definition) is 4. The predicted molar refractivity (Wildman–Crippen MR) is 75.7 cm³/mol. The van der Waals surface area contributed by atoms with Crippen LogP contribution in [0.1, 0.15) is 6.42 Å². The first-order valence-corrected chi connectivity index (χ1v) is 6.12. The molecule has 110 valence electrons. The van der Waals surface area contributed by atoms with E-state index < -0.39 is 24.3 Å². The van der Waals surface area contributed by atoms with Crippen LogP contribution in [0.2, 0.25) is 0 Å². The first-order valence-electron chi connectivity index (χ1n) is 6.12. The molecule has 1 heterocycles. The van der Waals surface area contributed by atoms with E-state index in [0.29, 0.717) is 11.4 Å². The maximum atomic E-state index is 11.7. The number of benzene rings is 1. The summed E-state index contributed by atoms with van der Waals surface area (Å²) in [6, 6.07) is 6.98. The number of aromatic nitrogens is 2. The summed E-state index contributed by atoms with van der Waals surface area (Å²) in [5.41, 5.74) is 7.10. The minimum absolute atomic E-state index is 0.234. The molecule has 0 bridgehead atoms. The van der Waals surface area contributed by atoms with Crippen molar-refractivity contribution in [1.29, 1.82) is 0 Å². The average Bonchev–Trinajstić information content (AvgIpc) is 2.85. The number of carbonyl (C=O) groups excluding carboxylic acids is 1. The van der Waals surface area contributed by atoms with Crippen LogP contribution >= 0.6 is 0 Å². The molecular formula is C13H14N4O4. The van der Waals surface area contributed by atoms with Gasteiger partial charge in [0.1, 0.15) is 0 Å². The molecule has 0 saturated heterocycles. The molecule has 0 fully saturated rings. The lowest BCUT2D eigenvalue weighted by Gasteiger charge is -2.10. The molecule has 0 radical (unpaired) electrons. The van der Waals surface area contributed by atoms with Crippen molar-refractivity contribution in [2.75, 3.05) is 5.32 Å². The van der Waals surface area contributed by atoms with Crippen LogP contribution in [0.4, 0.5) is 5.69 Å². The number of aliphatic carboxylic acids is 1. The number of carbonyl (C=O) groups is 2. The van der Waals surface area contributed by atoms with Gasteiger partial charge in [-0.2, -0.15) is 0 Å². The first kappa shape index (κ1) is 14.5. The Morgan fingerprint density at radius 3 is 2.43 bits per heavy atom. The zero-order valence-corrected chi connectivity index (χ0v) is 10.9. The molecule has 21 heavy (non-hydrogen) atoms. The highest BCUT2D eigenvalue weighted by molar-refractivity contribution is 5.96. The van der Waals surface area contributed by atoms with Crippen LogP contribution in [0.5, 0.6) is 0 Å². The fraction of sp³-hybridized carbons (Fsp3) is 0.154. The maximum absolute atomic E-state index is 11.7. The summed E-state index contributed by atoms with van der Waals surface area (Å²) in [7, 11) is 0. The topological polar surface area (TPSA) is 141 Å². The van der Waals surface area contributed by atoms with Crippen molar-refractivity contribution in [1.82, 2.24) is 10.2 Å². The van der Waals surface area contributed by atoms with Crippen molar-refractivity contribution in [3.8, 4) is 11.3 Å². The Morgan fingerprint density at radius 1 is 1.24 bits per heavy atom. The van der Waals surface area contributed by atoms with Crippen molar-refractivity contribution >= 4 is 17.6 Å². The molecule has 1 atom stereocenters. The Kier molecular flexibility index (Phi) is 4.19. The molecule has 0 saturated carbocycles. The summed E-state index contributed by atoms with van der Waals surface area (Å²) < 4.78 is 0. The van der Waals surface area contributed by atoms with Crippen LogP contribution in [-0.2, 0) is 9.59 Å². The Hall–Kier alpha value is -2.87. The molecule has 8 heteroatoms. The molecule has 8 nitrogen and oxygen atoms in total. The van der Waals surface area contributed by atoms with Crippen LogP contribution in [0.15, 0.2) is 35.1 Å². The second-order valence-corrected chi connectivity index (χ2v) is 4.44. The standard InChI is InChI=1S/C13H14N4O4/c14-9(5-12(19)20)13(21)15-8-3-1-7(2-4-8)10-6-11(18)17-16-10/h1-4,6,9H,5,14H2,(H,15,21)(H,19,20)(H2,16,17,18). The molecule has 6 N–H and O–H groups in total. The van der Waals surface area contributed by atoms with Gasteiger partial charge in [0.2, 0.25) is 5.91 Å². The minimum Gasteiger partial charge on any atom is -0.481 e. The van der Waals surface area contributed by atoms with E-state index in [0.717, 1.165) is 5.56 Å². The Morgan fingerprint density at radius 2 is 1.90 bits per heavy atom. The van der Waals surface area contributed by atoms with Crippen LogP contribution < -0.4 is 16.6 Å². The summed E-state index contributed by atoms with van der Waals surface area (Å²) >= 11 is 0. The van der Waals surface area contributed by atoms with Gasteiger partial charge >= 0.3 is 5.97 Å². The Balaban J connectivity index is 2.04. The van der Waals surface area contributed by atoms with Crippen molar-refractivity contribution in [3.05, 3.63) is 40.7 Å². The molecular weight excluding hydrogens is 276 g/mol. The van der Waals surface area contributed by atoms with Gasteiger partial charge in [-0.25, -0.2) is 0 Å². The lowest BCUT2D eigenvalue weighted by Crippen LogP contribution is -2.37. The van der Waals surface area contributed by atoms with Gasteiger partial charge in [-0.3, -0.25) is 24.6 Å². The first-order chi connectivity index (χ1) is 9.95. The second-order valence-electron chi connectivity index (χ2n) is 4.44. The Labute approximate surface area is 119 Å². The number of carboxylic acid groups (broad SMARTS) is 1. The number of amides is 1. The Bertz CT molecular complexity index is 701. The third-order valence-electron chi connectivity index (χ3n) is 2.79. The van der Waals surface area contributed by atoms with Gasteiger partial charge in [0.15, 0.2) is 0 Å². The van der Waals surface area contributed by atoms with E-state index in [4.69, 9.17) is 10.8 Å². The molecule has 2 rings (SSSR count). The molecule has 0 aliphatic heterocycles. The largest absolute Gasteiger partial charge is 0.481 e. The zero-order chi connectivity index (χ0) is 15.4. The van der Waals surface area contributed by atoms with Gasteiger partial charge in [-0.05, 0) is 17.7 Å². The predicted octanol–water partition coefficient (Wildman–Crippen LogP) is 0.110. The average molecular weight is 290 g/mol. The smallest absolute Gasteiger partial charge is 0.305 e. The number of nitrogens with two attached hydrogens (primary N) is 1. The quantitative estimate of drug-likeness (QED) is 0.531. The molecule has 0 aliphatic rings. The van der Waals surface area contributed by atoms with Crippen LogP contribution in [0, 0.1) is 0 Å². The lowest BCUT2D eigenvalue weighted by atomic mass is 10.1. The van der Waals surface area contributed by atoms with Crippen molar-refractivity contribution in [2.45, 2.75) is 12.5 Å². The fourth-order valence-electron chi connectivity index (χ4n) is 1.74. The number of rotatable bonds is 5. The van der Waals surface area contributed by atoms with Crippen molar-refractivity contribution in [3.63, 3.8) is 0 Å². The summed E-state index contributed by atoms with van der Waals surface area (Å²) in [6.45, 7) is 0. The molecule has 1 amide bonds. The van der Waals surface area contributed by atoms with Gasteiger partial charge < -0.3 is 16.2 Å². The molecule has 1 aromatic carbocycles. The van der Waals surface area contributed by atoms with Crippen molar-refractivity contribution < 1.29 is 14.7 Å². The second kappa shape index (κ2) is 6.06. The van der Waals surface area contributed by atoms with Crippen LogP contribution in [-0.4, -0.2) is 33.2 Å². The fourth-order valence-corrected chi connectivity index (χ4v) is 1.74. The SMILES string of the molecule is NC(CC(=O)O)C(=O)Nc1ccc(-c2cc(=O)[nH][nH]2)cc1. The van der Waals surface area contributed by atoms with E-state index in [1.807, 2.05) is 0 Å². The van der Waals surface area contributed by atoms with Crippen LogP contribution in [0.3, 0.4) is 0 Å². The van der Waals surface area contributed by atoms with E-state index in [9.17, 15) is 14.4 Å². The number of H-pyrrole nitrogens is 2. The summed E-state index contributed by atoms with van der Waals surface area (Å²) in [5, 5.41) is 16.2. The van der Waals surface area contributed by atoms with Crippen molar-refractivity contribution in [2.24, 2.45) is 5.73 Å². The molecule has 0 spiro atoms. The molecule has 1 unspecified atom stereocenters. The van der Waals surface area contributed by atoms with Gasteiger partial charge in [-0.1, -0.05) is 12.1 Å². The van der Waals surface area contributed by atoms with Gasteiger partial charge in [0.05, 0.1) is 18.2 Å². The van der Waals surface area contributed by atoms with E-state index >= 15 is 0 Å². The number of anilines is 1. The highest BCUT2D eigenvalue weighted by atomic mass is 16.4. The van der Waals surface area contributed by atoms with E-state index in [1.54, 1.807) is 24.3 Å². The number of carboxylic acids is 1. The number of hydrogen-bond donors (Lipinski definition) is 5. The third-order valence-corrected chi connectivity index (χ3v) is 2.79. The van der Waals surface area contributed by atoms with E-state index in [2.05, 4.69) is 15.5 Å². The van der Waals surface area contributed by atoms with E-state index in [-0.39, 0.29) is 5.56 Å². The summed E-state index contributed by atoms with van der Waals surface area (Å²) in [6.07, 6.45) is -0.436. The van der Waals surface area contributed by atoms with E-state index in [1.165, 1.54) is 6.07 Å². The highest BCUT2D eigenvalue weighted by Gasteiger charge is 2.16. The third kappa shape index (κ3) is 3.80. The summed E-state index contributed by atoms with van der Waals surface area (Å²) in [4.78, 5) is 33.2. The molecule has 1 aromatic heterocycles.